The molecule has 0 spiro atoms. The molecule has 4 rings (SSSR count). The van der Waals surface area contributed by atoms with Crippen LogP contribution in [0.2, 0.25) is 10.0 Å². The minimum atomic E-state index is -0.570. The number of nitrogens with zero attached hydrogens (tertiary/aromatic N) is 2. The third kappa shape index (κ3) is 4.45. The second-order valence-corrected chi connectivity index (χ2v) is 8.49. The molecule has 0 radical (unpaired) electrons. The van der Waals surface area contributed by atoms with Gasteiger partial charge in [0.25, 0.3) is 5.91 Å². The SMILES string of the molecule is Cc1nc(-c2cccc(NC(=O)[C@@H]3CCCN3C(=O)c3cc(Cl)ccc3Cl)c2)[nH]c1C. The summed E-state index contributed by atoms with van der Waals surface area (Å²) in [5.74, 6) is 0.229. The number of nitrogens with one attached hydrogen (secondary N) is 2. The molecule has 1 aliphatic rings. The van der Waals surface area contributed by atoms with Gasteiger partial charge in [0.1, 0.15) is 11.9 Å². The number of H-pyrrole nitrogens is 1. The normalized spacial score (nSPS) is 15.9. The lowest BCUT2D eigenvalue weighted by atomic mass is 10.1. The van der Waals surface area contributed by atoms with Crippen molar-refractivity contribution in [1.82, 2.24) is 14.9 Å². The summed E-state index contributed by atoms with van der Waals surface area (Å²) in [6, 6.07) is 11.7. The van der Waals surface area contributed by atoms with E-state index >= 15 is 0 Å². The second kappa shape index (κ2) is 8.73. The number of aromatic nitrogens is 2. The van der Waals surface area contributed by atoms with Crippen LogP contribution < -0.4 is 5.32 Å². The Kier molecular flexibility index (Phi) is 6.03. The van der Waals surface area contributed by atoms with Gasteiger partial charge in [-0.2, -0.15) is 0 Å². The van der Waals surface area contributed by atoms with Gasteiger partial charge in [0, 0.05) is 28.5 Å². The Balaban J connectivity index is 1.52. The minimum Gasteiger partial charge on any atom is -0.342 e. The van der Waals surface area contributed by atoms with E-state index in [0.29, 0.717) is 34.3 Å². The predicted molar refractivity (Wildman–Crippen MR) is 123 cm³/mol. The zero-order valence-corrected chi connectivity index (χ0v) is 18.7. The highest BCUT2D eigenvalue weighted by molar-refractivity contribution is 6.35. The fourth-order valence-corrected chi connectivity index (χ4v) is 4.12. The van der Waals surface area contributed by atoms with Crippen molar-refractivity contribution in [3.63, 3.8) is 0 Å². The molecule has 2 amide bonds. The van der Waals surface area contributed by atoms with E-state index < -0.39 is 6.04 Å². The maximum atomic E-state index is 13.1. The Morgan fingerprint density at radius 3 is 2.71 bits per heavy atom. The summed E-state index contributed by atoms with van der Waals surface area (Å²) in [6.07, 6.45) is 1.33. The smallest absolute Gasteiger partial charge is 0.256 e. The van der Waals surface area contributed by atoms with Crippen molar-refractivity contribution in [2.24, 2.45) is 0 Å². The molecule has 0 bridgehead atoms. The molecule has 0 aliphatic carbocycles. The number of aryl methyl sites for hydroxylation is 2. The molecule has 2 heterocycles. The molecule has 2 aromatic carbocycles. The molecule has 31 heavy (non-hydrogen) atoms. The third-order valence-corrected chi connectivity index (χ3v) is 6.07. The first-order chi connectivity index (χ1) is 14.8. The highest BCUT2D eigenvalue weighted by Gasteiger charge is 2.35. The zero-order valence-electron chi connectivity index (χ0n) is 17.2. The van der Waals surface area contributed by atoms with Crippen molar-refractivity contribution in [1.29, 1.82) is 0 Å². The first-order valence-corrected chi connectivity index (χ1v) is 10.8. The summed E-state index contributed by atoms with van der Waals surface area (Å²) in [5, 5.41) is 3.69. The van der Waals surface area contributed by atoms with Gasteiger partial charge in [-0.1, -0.05) is 35.3 Å². The molecule has 0 unspecified atom stereocenters. The molecule has 1 aliphatic heterocycles. The lowest BCUT2D eigenvalue weighted by Gasteiger charge is -2.24. The van der Waals surface area contributed by atoms with E-state index in [1.165, 1.54) is 6.07 Å². The number of carbonyl (C=O) groups is 2. The van der Waals surface area contributed by atoms with Crippen molar-refractivity contribution in [2.75, 3.05) is 11.9 Å². The van der Waals surface area contributed by atoms with Crippen molar-refractivity contribution in [2.45, 2.75) is 32.7 Å². The van der Waals surface area contributed by atoms with Crippen LogP contribution >= 0.6 is 23.2 Å². The van der Waals surface area contributed by atoms with E-state index in [2.05, 4.69) is 15.3 Å². The number of hydrogen-bond donors (Lipinski definition) is 2. The second-order valence-electron chi connectivity index (χ2n) is 7.65. The van der Waals surface area contributed by atoms with Gasteiger partial charge in [-0.15, -0.1) is 0 Å². The van der Waals surface area contributed by atoms with Gasteiger partial charge in [-0.05, 0) is 57.0 Å². The molecule has 1 atom stereocenters. The van der Waals surface area contributed by atoms with Crippen LogP contribution in [0.1, 0.15) is 34.6 Å². The first kappa shape index (κ1) is 21.4. The van der Waals surface area contributed by atoms with Gasteiger partial charge in [0.15, 0.2) is 0 Å². The Morgan fingerprint density at radius 2 is 1.97 bits per heavy atom. The highest BCUT2D eigenvalue weighted by Crippen LogP contribution is 2.27. The summed E-state index contributed by atoms with van der Waals surface area (Å²) in [4.78, 5) is 35.4. The fraction of sp³-hybridized carbons (Fsp3) is 0.261. The van der Waals surface area contributed by atoms with E-state index in [4.69, 9.17) is 23.2 Å². The Morgan fingerprint density at radius 1 is 1.16 bits per heavy atom. The zero-order chi connectivity index (χ0) is 22.1. The van der Waals surface area contributed by atoms with E-state index in [-0.39, 0.29) is 11.8 Å². The quantitative estimate of drug-likeness (QED) is 0.562. The van der Waals surface area contributed by atoms with Crippen molar-refractivity contribution in [3.8, 4) is 11.4 Å². The summed E-state index contributed by atoms with van der Waals surface area (Å²) < 4.78 is 0. The fourth-order valence-electron chi connectivity index (χ4n) is 3.75. The average molecular weight is 457 g/mol. The van der Waals surface area contributed by atoms with E-state index in [0.717, 1.165) is 29.2 Å². The monoisotopic (exact) mass is 456 g/mol. The minimum absolute atomic E-state index is 0.229. The van der Waals surface area contributed by atoms with Crippen LogP contribution in [0.4, 0.5) is 5.69 Å². The number of carbonyl (C=O) groups excluding carboxylic acids is 2. The van der Waals surface area contributed by atoms with Crippen molar-refractivity contribution >= 4 is 40.7 Å². The molecule has 1 fully saturated rings. The highest BCUT2D eigenvalue weighted by atomic mass is 35.5. The number of amides is 2. The van der Waals surface area contributed by atoms with Crippen LogP contribution in [0.25, 0.3) is 11.4 Å². The lowest BCUT2D eigenvalue weighted by molar-refractivity contribution is -0.119. The van der Waals surface area contributed by atoms with Gasteiger partial charge >= 0.3 is 0 Å². The molecule has 3 aromatic rings. The predicted octanol–water partition coefficient (Wildman–Crippen LogP) is 5.24. The van der Waals surface area contributed by atoms with E-state index in [9.17, 15) is 9.59 Å². The van der Waals surface area contributed by atoms with Crippen molar-refractivity contribution < 1.29 is 9.59 Å². The molecule has 1 saturated heterocycles. The molecule has 0 saturated carbocycles. The first-order valence-electron chi connectivity index (χ1n) is 10.0. The number of likely N-dealkylation sites (tertiary alicyclic amines) is 1. The number of anilines is 1. The van der Waals surface area contributed by atoms with Gasteiger partial charge < -0.3 is 15.2 Å². The standard InChI is InChI=1S/C23H22Cl2N4O2/c1-13-14(2)27-21(26-13)15-5-3-6-17(11-15)28-22(30)20-7-4-10-29(20)23(31)18-12-16(24)8-9-19(18)25/h3,5-6,8-9,11-12,20H,4,7,10H2,1-2H3,(H,26,27)(H,28,30)/t20-/m0/s1. The maximum Gasteiger partial charge on any atom is 0.256 e. The number of hydrogen-bond acceptors (Lipinski definition) is 3. The Bertz CT molecular complexity index is 1140. The van der Waals surface area contributed by atoms with Crippen LogP contribution in [-0.4, -0.2) is 39.3 Å². The number of aromatic amines is 1. The van der Waals surface area contributed by atoms with E-state index in [1.807, 2.05) is 38.1 Å². The molecule has 1 aromatic heterocycles. The molecular formula is C23H22Cl2N4O2. The number of halogens is 2. The van der Waals surface area contributed by atoms with Gasteiger partial charge in [-0.3, -0.25) is 9.59 Å². The lowest BCUT2D eigenvalue weighted by Crippen LogP contribution is -2.43. The number of imidazole rings is 1. The van der Waals surface area contributed by atoms with Crippen LogP contribution in [0.3, 0.4) is 0 Å². The van der Waals surface area contributed by atoms with Gasteiger partial charge in [0.2, 0.25) is 5.91 Å². The molecular weight excluding hydrogens is 435 g/mol. The summed E-state index contributed by atoms with van der Waals surface area (Å²) >= 11 is 12.2. The summed E-state index contributed by atoms with van der Waals surface area (Å²) in [7, 11) is 0. The Hall–Kier alpha value is -2.83. The number of benzene rings is 2. The summed E-state index contributed by atoms with van der Waals surface area (Å²) in [6.45, 7) is 4.40. The molecule has 8 heteroatoms. The van der Waals surface area contributed by atoms with Crippen LogP contribution in [0.15, 0.2) is 42.5 Å². The van der Waals surface area contributed by atoms with Gasteiger partial charge in [-0.25, -0.2) is 4.98 Å². The van der Waals surface area contributed by atoms with Crippen LogP contribution in [-0.2, 0) is 4.79 Å². The largest absolute Gasteiger partial charge is 0.342 e. The number of rotatable bonds is 4. The molecule has 160 valence electrons. The van der Waals surface area contributed by atoms with Crippen molar-refractivity contribution in [3.05, 3.63) is 69.5 Å². The average Bonchev–Trinajstić information content (AvgIpc) is 3.36. The molecule has 2 N–H and O–H groups in total. The molecule has 6 nitrogen and oxygen atoms in total. The third-order valence-electron chi connectivity index (χ3n) is 5.51. The maximum absolute atomic E-state index is 13.1. The topological polar surface area (TPSA) is 78.1 Å². The van der Waals surface area contributed by atoms with E-state index in [1.54, 1.807) is 17.0 Å². The van der Waals surface area contributed by atoms with Crippen LogP contribution in [0, 0.1) is 13.8 Å². The Labute approximate surface area is 190 Å². The van der Waals surface area contributed by atoms with Gasteiger partial charge in [0.05, 0.1) is 16.3 Å². The summed E-state index contributed by atoms with van der Waals surface area (Å²) in [5.41, 5.74) is 3.77. The van der Waals surface area contributed by atoms with Crippen LogP contribution in [0.5, 0.6) is 0 Å².